The molecule has 3 rings (SSSR count). The largest absolute Gasteiger partial charge is 0.493 e. The second-order valence-electron chi connectivity index (χ2n) is 12.4. The molecule has 1 amide bonds. The standard InChI is InChI=1S/C32H51N3O4/c1-7-9-17-34(18-11-10-16-33(5)6)29(36)23-35-22-26(24-12-13-28-25(20-24)14-19-39-28)30(31(37)38)27(35)21-32(3,4)15-8-2/h8,12-13,15,20,26-27,30H,7,9-11,14,16-19,21-23H2,1-6H3,(H,37,38)/t26-,27+,30?/m1/s1. The molecule has 1 saturated heterocycles. The molecule has 0 aliphatic carbocycles. The lowest BCUT2D eigenvalue weighted by atomic mass is 9.77. The van der Waals surface area contributed by atoms with Crippen LogP contribution >= 0.6 is 0 Å². The van der Waals surface area contributed by atoms with Gasteiger partial charge in [0.1, 0.15) is 5.75 Å². The van der Waals surface area contributed by atoms with Gasteiger partial charge in [0, 0.05) is 38.0 Å². The fourth-order valence-corrected chi connectivity index (χ4v) is 6.29. The zero-order valence-electron chi connectivity index (χ0n) is 25.1. The summed E-state index contributed by atoms with van der Waals surface area (Å²) in [7, 11) is 4.15. The molecule has 0 bridgehead atoms. The monoisotopic (exact) mass is 541 g/mol. The molecule has 1 unspecified atom stereocenters. The van der Waals surface area contributed by atoms with Gasteiger partial charge in [0.25, 0.3) is 0 Å². The van der Waals surface area contributed by atoms with E-state index < -0.39 is 11.9 Å². The average Bonchev–Trinajstić information content (AvgIpc) is 3.47. The lowest BCUT2D eigenvalue weighted by Gasteiger charge is -2.34. The first-order valence-electron chi connectivity index (χ1n) is 14.8. The molecular formula is C32H51N3O4. The number of carboxylic acid groups (broad SMARTS) is 1. The van der Waals surface area contributed by atoms with Crippen molar-refractivity contribution in [2.75, 3.05) is 53.4 Å². The third-order valence-electron chi connectivity index (χ3n) is 8.28. The van der Waals surface area contributed by atoms with Gasteiger partial charge in [-0.1, -0.05) is 51.5 Å². The maximum Gasteiger partial charge on any atom is 0.308 e. The van der Waals surface area contributed by atoms with Crippen LogP contribution in [-0.2, 0) is 16.0 Å². The fraction of sp³-hybridized carbons (Fsp3) is 0.688. The lowest BCUT2D eigenvalue weighted by Crippen LogP contribution is -2.46. The van der Waals surface area contributed by atoms with E-state index in [1.54, 1.807) is 0 Å². The normalized spacial score (nSPS) is 21.5. The highest BCUT2D eigenvalue weighted by Crippen LogP contribution is 2.43. The Morgan fingerprint density at radius 1 is 1.15 bits per heavy atom. The average molecular weight is 542 g/mol. The SMILES string of the molecule is CC=CC(C)(C)C[C@H]1C(C(=O)O)[C@@H](c2ccc3c(c2)CCO3)CN1CC(=O)N(CCCC)CCCCN(C)C. The first kappa shape index (κ1) is 31.2. The minimum absolute atomic E-state index is 0.120. The number of carbonyl (C=O) groups is 2. The van der Waals surface area contributed by atoms with Crippen molar-refractivity contribution in [1.29, 1.82) is 0 Å². The number of allylic oxidation sites excluding steroid dienone is 2. The molecule has 1 aromatic carbocycles. The number of ether oxygens (including phenoxy) is 1. The molecule has 218 valence electrons. The summed E-state index contributed by atoms with van der Waals surface area (Å²) in [6.07, 6.45) is 9.78. The van der Waals surface area contributed by atoms with E-state index in [1.807, 2.05) is 30.0 Å². The molecule has 2 aliphatic rings. The predicted octanol–water partition coefficient (Wildman–Crippen LogP) is 5.05. The van der Waals surface area contributed by atoms with Crippen LogP contribution in [0, 0.1) is 11.3 Å². The molecule has 7 nitrogen and oxygen atoms in total. The molecule has 0 aromatic heterocycles. The fourth-order valence-electron chi connectivity index (χ4n) is 6.29. The van der Waals surface area contributed by atoms with Gasteiger partial charge in [-0.25, -0.2) is 0 Å². The molecule has 3 atom stereocenters. The molecule has 1 fully saturated rings. The van der Waals surface area contributed by atoms with Gasteiger partial charge in [0.05, 0.1) is 19.1 Å². The summed E-state index contributed by atoms with van der Waals surface area (Å²) in [6, 6.07) is 5.93. The number of likely N-dealkylation sites (tertiary alicyclic amines) is 1. The van der Waals surface area contributed by atoms with Crippen LogP contribution in [-0.4, -0.2) is 91.2 Å². The zero-order chi connectivity index (χ0) is 28.6. The molecule has 2 heterocycles. The van der Waals surface area contributed by atoms with Crippen LogP contribution in [0.15, 0.2) is 30.4 Å². The Morgan fingerprint density at radius 2 is 1.87 bits per heavy atom. The number of nitrogens with zero attached hydrogens (tertiary/aromatic N) is 3. The van der Waals surface area contributed by atoms with E-state index in [-0.39, 0.29) is 29.8 Å². The number of aliphatic carboxylic acids is 1. The van der Waals surface area contributed by atoms with Gasteiger partial charge in [-0.2, -0.15) is 0 Å². The van der Waals surface area contributed by atoms with Gasteiger partial charge >= 0.3 is 5.97 Å². The van der Waals surface area contributed by atoms with E-state index in [1.165, 1.54) is 0 Å². The Labute approximate surface area is 236 Å². The molecule has 0 saturated carbocycles. The van der Waals surface area contributed by atoms with Crippen LogP contribution < -0.4 is 4.74 Å². The van der Waals surface area contributed by atoms with Crippen molar-refractivity contribution < 1.29 is 19.4 Å². The Morgan fingerprint density at radius 3 is 2.54 bits per heavy atom. The Balaban J connectivity index is 1.86. The number of fused-ring (bicyclic) bond motifs is 1. The maximum absolute atomic E-state index is 13.7. The van der Waals surface area contributed by atoms with E-state index >= 15 is 0 Å². The minimum Gasteiger partial charge on any atom is -0.493 e. The van der Waals surface area contributed by atoms with E-state index in [0.29, 0.717) is 19.6 Å². The smallest absolute Gasteiger partial charge is 0.308 e. The highest BCUT2D eigenvalue weighted by Gasteiger charge is 2.48. The van der Waals surface area contributed by atoms with Crippen LogP contribution in [0.3, 0.4) is 0 Å². The van der Waals surface area contributed by atoms with Gasteiger partial charge in [-0.05, 0) is 75.9 Å². The van der Waals surface area contributed by atoms with Gasteiger partial charge in [0.15, 0.2) is 0 Å². The quantitative estimate of drug-likeness (QED) is 0.247. The van der Waals surface area contributed by atoms with Gasteiger partial charge in [-0.15, -0.1) is 0 Å². The molecule has 0 radical (unpaired) electrons. The van der Waals surface area contributed by atoms with Crippen molar-refractivity contribution in [1.82, 2.24) is 14.7 Å². The molecule has 2 aliphatic heterocycles. The highest BCUT2D eigenvalue weighted by atomic mass is 16.5. The lowest BCUT2D eigenvalue weighted by molar-refractivity contribution is -0.144. The van der Waals surface area contributed by atoms with Crippen LogP contribution in [0.4, 0.5) is 0 Å². The van der Waals surface area contributed by atoms with Crippen molar-refractivity contribution in [3.63, 3.8) is 0 Å². The third kappa shape index (κ3) is 8.55. The molecule has 1 aromatic rings. The topological polar surface area (TPSA) is 73.3 Å². The number of amides is 1. The van der Waals surface area contributed by atoms with Crippen molar-refractivity contribution in [3.05, 3.63) is 41.5 Å². The van der Waals surface area contributed by atoms with Crippen molar-refractivity contribution in [2.24, 2.45) is 11.3 Å². The Hall–Kier alpha value is -2.38. The van der Waals surface area contributed by atoms with Gasteiger partial charge < -0.3 is 19.6 Å². The molecule has 39 heavy (non-hydrogen) atoms. The number of carboxylic acids is 1. The summed E-state index contributed by atoms with van der Waals surface area (Å²) in [6.45, 7) is 12.5. The van der Waals surface area contributed by atoms with Crippen LogP contribution in [0.25, 0.3) is 0 Å². The number of hydrogen-bond donors (Lipinski definition) is 1. The summed E-state index contributed by atoms with van der Waals surface area (Å²) >= 11 is 0. The maximum atomic E-state index is 13.7. The van der Waals surface area contributed by atoms with E-state index in [4.69, 9.17) is 4.74 Å². The van der Waals surface area contributed by atoms with E-state index in [2.05, 4.69) is 56.8 Å². The van der Waals surface area contributed by atoms with Gasteiger partial charge in [0.2, 0.25) is 5.91 Å². The van der Waals surface area contributed by atoms with Crippen LogP contribution in [0.1, 0.15) is 76.8 Å². The van der Waals surface area contributed by atoms with Crippen LogP contribution in [0.5, 0.6) is 5.75 Å². The van der Waals surface area contributed by atoms with Crippen LogP contribution in [0.2, 0.25) is 0 Å². The van der Waals surface area contributed by atoms with E-state index in [9.17, 15) is 14.7 Å². The molecular weight excluding hydrogens is 490 g/mol. The Kier molecular flexibility index (Phi) is 11.4. The highest BCUT2D eigenvalue weighted by molar-refractivity contribution is 5.79. The zero-order valence-corrected chi connectivity index (χ0v) is 25.1. The first-order chi connectivity index (χ1) is 18.6. The second kappa shape index (κ2) is 14.3. The summed E-state index contributed by atoms with van der Waals surface area (Å²) < 4.78 is 5.70. The van der Waals surface area contributed by atoms with E-state index in [0.717, 1.165) is 68.6 Å². The predicted molar refractivity (Wildman–Crippen MR) is 157 cm³/mol. The summed E-state index contributed by atoms with van der Waals surface area (Å²) in [5.74, 6) is -0.500. The number of carbonyl (C=O) groups excluding carboxylic acids is 1. The number of hydrogen-bond acceptors (Lipinski definition) is 5. The Bertz CT molecular complexity index is 990. The van der Waals surface area contributed by atoms with Crippen molar-refractivity contribution >= 4 is 11.9 Å². The van der Waals surface area contributed by atoms with Crippen molar-refractivity contribution in [3.8, 4) is 5.75 Å². The summed E-state index contributed by atoms with van der Waals surface area (Å²) in [5.41, 5.74) is 2.02. The first-order valence-corrected chi connectivity index (χ1v) is 14.8. The van der Waals surface area contributed by atoms with Gasteiger partial charge in [-0.3, -0.25) is 14.5 Å². The number of rotatable bonds is 15. The number of unbranched alkanes of at least 4 members (excludes halogenated alkanes) is 2. The summed E-state index contributed by atoms with van der Waals surface area (Å²) in [5, 5.41) is 10.5. The summed E-state index contributed by atoms with van der Waals surface area (Å²) in [4.78, 5) is 33.0. The van der Waals surface area contributed by atoms with Crippen molar-refractivity contribution in [2.45, 2.75) is 78.2 Å². The molecule has 1 N–H and O–H groups in total. The minimum atomic E-state index is -0.778. The molecule has 0 spiro atoms. The third-order valence-corrected chi connectivity index (χ3v) is 8.28. The second-order valence-corrected chi connectivity index (χ2v) is 12.4. The molecule has 7 heteroatoms. The number of benzene rings is 1.